The fraction of sp³-hybridized carbons (Fsp3) is 0.346. The van der Waals surface area contributed by atoms with Gasteiger partial charge < -0.3 is 15.4 Å². The zero-order valence-corrected chi connectivity index (χ0v) is 20.3. The van der Waals surface area contributed by atoms with Crippen LogP contribution in [0.2, 0.25) is 0 Å². The molecule has 2 aromatic carbocycles. The van der Waals surface area contributed by atoms with Crippen LogP contribution in [0.15, 0.2) is 65.6 Å². The van der Waals surface area contributed by atoms with Crippen LogP contribution < -0.4 is 10.6 Å². The fourth-order valence-electron chi connectivity index (χ4n) is 3.99. The number of hydrogen-bond donors (Lipinski definition) is 2. The summed E-state index contributed by atoms with van der Waals surface area (Å²) < 4.78 is 5.44. The lowest BCUT2D eigenvalue weighted by Crippen LogP contribution is -2.45. The van der Waals surface area contributed by atoms with Crippen LogP contribution in [-0.2, 0) is 14.3 Å². The third-order valence-corrected chi connectivity index (χ3v) is 6.79. The molecule has 35 heavy (non-hydrogen) atoms. The van der Waals surface area contributed by atoms with Crippen LogP contribution in [0.1, 0.15) is 17.2 Å². The molecule has 0 radical (unpaired) electrons. The first-order valence-corrected chi connectivity index (χ1v) is 12.6. The summed E-state index contributed by atoms with van der Waals surface area (Å²) in [4.78, 5) is 41.3. The normalized spacial score (nSPS) is 18.7. The van der Waals surface area contributed by atoms with Crippen LogP contribution in [0.5, 0.6) is 0 Å². The molecule has 2 aliphatic rings. The van der Waals surface area contributed by atoms with E-state index in [2.05, 4.69) is 27.7 Å². The summed E-state index contributed by atoms with van der Waals surface area (Å²) >= 11 is 0.924. The van der Waals surface area contributed by atoms with Gasteiger partial charge in [0.25, 0.3) is 11.1 Å². The molecule has 2 saturated heterocycles. The van der Waals surface area contributed by atoms with Gasteiger partial charge in [0.2, 0.25) is 5.91 Å². The van der Waals surface area contributed by atoms with E-state index < -0.39 is 0 Å². The van der Waals surface area contributed by atoms with Gasteiger partial charge >= 0.3 is 0 Å². The second kappa shape index (κ2) is 12.6. The van der Waals surface area contributed by atoms with Gasteiger partial charge in [0.1, 0.15) is 0 Å². The number of rotatable bonds is 10. The van der Waals surface area contributed by atoms with Crippen molar-refractivity contribution in [1.82, 2.24) is 20.4 Å². The molecule has 0 bridgehead atoms. The number of nitrogens with zero attached hydrogens (tertiary/aromatic N) is 2. The van der Waals surface area contributed by atoms with E-state index in [9.17, 15) is 14.4 Å². The van der Waals surface area contributed by atoms with Crippen LogP contribution in [-0.4, -0.2) is 79.3 Å². The Morgan fingerprint density at radius 2 is 1.71 bits per heavy atom. The van der Waals surface area contributed by atoms with E-state index in [1.807, 2.05) is 48.5 Å². The molecule has 2 aromatic rings. The molecule has 8 nitrogen and oxygen atoms in total. The average Bonchev–Trinajstić information content (AvgIpc) is 3.15. The van der Waals surface area contributed by atoms with Crippen LogP contribution in [0.3, 0.4) is 0 Å². The van der Waals surface area contributed by atoms with E-state index in [-0.39, 0.29) is 42.7 Å². The third-order valence-electron chi connectivity index (χ3n) is 5.88. The van der Waals surface area contributed by atoms with Crippen LogP contribution in [0.4, 0.5) is 4.79 Å². The fourth-order valence-corrected chi connectivity index (χ4v) is 4.86. The number of amides is 3. The SMILES string of the molecule is O=C(CN[C@@H](CN1CCOCC1)c1ccccc1)NCCN1C(=O)S/C(=C\c2ccccc2)C1=O. The summed E-state index contributed by atoms with van der Waals surface area (Å²) in [6.45, 7) is 4.44. The number of benzene rings is 2. The Bertz CT molecular complexity index is 1040. The minimum atomic E-state index is -0.328. The molecule has 184 valence electrons. The first-order valence-electron chi connectivity index (χ1n) is 11.8. The molecule has 0 unspecified atom stereocenters. The van der Waals surface area contributed by atoms with Gasteiger partial charge in [0.05, 0.1) is 24.7 Å². The van der Waals surface area contributed by atoms with Gasteiger partial charge in [-0.25, -0.2) is 0 Å². The number of morpholine rings is 1. The maximum atomic E-state index is 12.6. The maximum absolute atomic E-state index is 12.6. The highest BCUT2D eigenvalue weighted by molar-refractivity contribution is 8.18. The number of hydrogen-bond acceptors (Lipinski definition) is 7. The lowest BCUT2D eigenvalue weighted by Gasteiger charge is -2.31. The largest absolute Gasteiger partial charge is 0.379 e. The summed E-state index contributed by atoms with van der Waals surface area (Å²) in [6.07, 6.45) is 1.71. The van der Waals surface area contributed by atoms with Gasteiger partial charge in [-0.1, -0.05) is 60.7 Å². The third kappa shape index (κ3) is 7.25. The Kier molecular flexibility index (Phi) is 9.08. The molecule has 2 heterocycles. The average molecular weight is 495 g/mol. The molecule has 3 amide bonds. The number of nitrogens with one attached hydrogen (secondary N) is 2. The molecule has 0 spiro atoms. The van der Waals surface area contributed by atoms with Crippen LogP contribution in [0.25, 0.3) is 6.08 Å². The second-order valence-electron chi connectivity index (χ2n) is 8.35. The van der Waals surface area contributed by atoms with E-state index in [0.29, 0.717) is 4.91 Å². The second-order valence-corrected chi connectivity index (χ2v) is 9.34. The number of carbonyl (C=O) groups excluding carboxylic acids is 3. The van der Waals surface area contributed by atoms with Crippen molar-refractivity contribution in [2.45, 2.75) is 6.04 Å². The van der Waals surface area contributed by atoms with Gasteiger partial charge in [-0.05, 0) is 29.0 Å². The maximum Gasteiger partial charge on any atom is 0.293 e. The van der Waals surface area contributed by atoms with Crippen molar-refractivity contribution in [1.29, 1.82) is 0 Å². The molecular formula is C26H30N4O4S. The highest BCUT2D eigenvalue weighted by Crippen LogP contribution is 2.31. The van der Waals surface area contributed by atoms with Crippen molar-refractivity contribution in [3.8, 4) is 0 Å². The Morgan fingerprint density at radius 3 is 2.43 bits per heavy atom. The van der Waals surface area contributed by atoms with E-state index >= 15 is 0 Å². The Morgan fingerprint density at radius 1 is 1.03 bits per heavy atom. The molecule has 4 rings (SSSR count). The Balaban J connectivity index is 1.25. The molecule has 0 aromatic heterocycles. The topological polar surface area (TPSA) is 91.0 Å². The molecule has 0 saturated carbocycles. The molecule has 2 fully saturated rings. The quantitative estimate of drug-likeness (QED) is 0.491. The van der Waals surface area contributed by atoms with E-state index in [1.165, 1.54) is 4.90 Å². The lowest BCUT2D eigenvalue weighted by atomic mass is 10.1. The van der Waals surface area contributed by atoms with Crippen LogP contribution >= 0.6 is 11.8 Å². The summed E-state index contributed by atoms with van der Waals surface area (Å²) in [5.41, 5.74) is 1.98. The molecule has 9 heteroatoms. The lowest BCUT2D eigenvalue weighted by molar-refractivity contribution is -0.124. The number of thioether (sulfide) groups is 1. The van der Waals surface area contributed by atoms with Crippen molar-refractivity contribution < 1.29 is 19.1 Å². The standard InChI is InChI=1S/C26H30N4O4S/c31-24(18-28-22(21-9-5-2-6-10-21)19-29-13-15-34-16-14-29)27-11-12-30-25(32)23(35-26(30)33)17-20-7-3-1-4-8-20/h1-10,17,22,28H,11-16,18-19H2,(H,27,31)/b23-17-/t22-/m0/s1. The minimum absolute atomic E-state index is 0.00358. The molecule has 1 atom stereocenters. The molecule has 0 aliphatic carbocycles. The molecule has 2 N–H and O–H groups in total. The van der Waals surface area contributed by atoms with Crippen molar-refractivity contribution >= 4 is 34.9 Å². The van der Waals surface area contributed by atoms with Crippen LogP contribution in [0, 0.1) is 0 Å². The van der Waals surface area contributed by atoms with Crippen molar-refractivity contribution in [3.05, 3.63) is 76.7 Å². The summed E-state index contributed by atoms with van der Waals surface area (Å²) in [5.74, 6) is -0.509. The summed E-state index contributed by atoms with van der Waals surface area (Å²) in [7, 11) is 0. The Hall–Kier alpha value is -2.98. The van der Waals surface area contributed by atoms with Gasteiger partial charge in [0.15, 0.2) is 0 Å². The highest BCUT2D eigenvalue weighted by atomic mass is 32.2. The summed E-state index contributed by atoms with van der Waals surface area (Å²) in [6, 6.07) is 19.5. The highest BCUT2D eigenvalue weighted by Gasteiger charge is 2.34. The zero-order valence-electron chi connectivity index (χ0n) is 19.5. The Labute approximate surface area is 209 Å². The number of carbonyl (C=O) groups is 3. The number of ether oxygens (including phenoxy) is 1. The zero-order chi connectivity index (χ0) is 24.5. The number of imide groups is 1. The van der Waals surface area contributed by atoms with Gasteiger partial charge in [-0.2, -0.15) is 0 Å². The van der Waals surface area contributed by atoms with Gasteiger partial charge in [0, 0.05) is 38.8 Å². The van der Waals surface area contributed by atoms with Crippen molar-refractivity contribution in [3.63, 3.8) is 0 Å². The molecular weight excluding hydrogens is 464 g/mol. The van der Waals surface area contributed by atoms with E-state index in [4.69, 9.17) is 4.74 Å². The van der Waals surface area contributed by atoms with E-state index in [0.717, 1.165) is 55.7 Å². The van der Waals surface area contributed by atoms with Gasteiger partial charge in [-0.15, -0.1) is 0 Å². The minimum Gasteiger partial charge on any atom is -0.379 e. The molecule has 2 aliphatic heterocycles. The van der Waals surface area contributed by atoms with Crippen molar-refractivity contribution in [2.24, 2.45) is 0 Å². The monoisotopic (exact) mass is 494 g/mol. The van der Waals surface area contributed by atoms with E-state index in [1.54, 1.807) is 6.08 Å². The van der Waals surface area contributed by atoms with Crippen molar-refractivity contribution in [2.75, 3.05) is 52.5 Å². The first kappa shape index (κ1) is 25.1. The predicted octanol–water partition coefficient (Wildman–Crippen LogP) is 2.50. The smallest absolute Gasteiger partial charge is 0.293 e. The summed E-state index contributed by atoms with van der Waals surface area (Å²) in [5, 5.41) is 5.85. The first-order chi connectivity index (χ1) is 17.1. The predicted molar refractivity (Wildman–Crippen MR) is 137 cm³/mol. The van der Waals surface area contributed by atoms with Gasteiger partial charge in [-0.3, -0.25) is 24.2 Å².